The van der Waals surface area contributed by atoms with Crippen molar-refractivity contribution in [1.82, 2.24) is 4.90 Å². The second-order valence-corrected chi connectivity index (χ2v) is 4.18. The Kier molecular flexibility index (Phi) is 2.92. The molecule has 3 nitrogen and oxygen atoms in total. The molecule has 1 amide bonds. The first kappa shape index (κ1) is 11.1. The van der Waals surface area contributed by atoms with Gasteiger partial charge in [-0.25, -0.2) is 4.39 Å². The molecule has 86 valence electrons. The minimum absolute atomic E-state index is 0.0918. The summed E-state index contributed by atoms with van der Waals surface area (Å²) in [5.74, 6) is -0.838. The number of carbonyl (C=O) groups excluding carboxylic acids is 1. The monoisotopic (exact) mass is 223 g/mol. The lowest BCUT2D eigenvalue weighted by atomic mass is 10.1. The van der Waals surface area contributed by atoms with Crippen molar-refractivity contribution in [2.24, 2.45) is 0 Å². The number of aryl methyl sites for hydroxylation is 1. The zero-order valence-electron chi connectivity index (χ0n) is 9.11. The van der Waals surface area contributed by atoms with Crippen molar-refractivity contribution in [1.29, 1.82) is 0 Å². The Labute approximate surface area is 93.5 Å². The number of hydrogen-bond donors (Lipinski definition) is 1. The molecule has 1 heterocycles. The van der Waals surface area contributed by atoms with Gasteiger partial charge in [-0.2, -0.15) is 0 Å². The summed E-state index contributed by atoms with van der Waals surface area (Å²) in [5, 5.41) is 9.33. The molecular weight excluding hydrogens is 209 g/mol. The highest BCUT2D eigenvalue weighted by atomic mass is 19.1. The first-order chi connectivity index (χ1) is 7.58. The molecule has 1 aliphatic heterocycles. The number of β-amino-alcohol motifs (C(OH)–C–C–N with tert-alkyl or cyclic N) is 1. The van der Waals surface area contributed by atoms with E-state index in [9.17, 15) is 14.3 Å². The lowest BCUT2D eigenvalue weighted by Crippen LogP contribution is -2.30. The van der Waals surface area contributed by atoms with Gasteiger partial charge in [0.15, 0.2) is 0 Å². The van der Waals surface area contributed by atoms with E-state index < -0.39 is 11.9 Å². The standard InChI is InChI=1S/C12H14FNO2/c1-8-2-3-11(13)10(6-8)12(16)14-5-4-9(15)7-14/h2-3,6,9,15H,4-5,7H2,1H3. The van der Waals surface area contributed by atoms with Crippen LogP contribution in [0.5, 0.6) is 0 Å². The summed E-state index contributed by atoms with van der Waals surface area (Å²) in [7, 11) is 0. The number of amides is 1. The molecule has 0 bridgehead atoms. The molecule has 1 unspecified atom stereocenters. The van der Waals surface area contributed by atoms with Crippen LogP contribution in [0.4, 0.5) is 4.39 Å². The van der Waals surface area contributed by atoms with E-state index in [2.05, 4.69) is 0 Å². The minimum atomic E-state index is -0.503. The molecule has 4 heteroatoms. The van der Waals surface area contributed by atoms with Gasteiger partial charge in [0, 0.05) is 13.1 Å². The van der Waals surface area contributed by atoms with Crippen molar-refractivity contribution in [3.05, 3.63) is 35.1 Å². The van der Waals surface area contributed by atoms with Crippen molar-refractivity contribution in [2.45, 2.75) is 19.4 Å². The van der Waals surface area contributed by atoms with E-state index in [-0.39, 0.29) is 11.5 Å². The Balaban J connectivity index is 2.23. The number of likely N-dealkylation sites (tertiary alicyclic amines) is 1. The third-order valence-electron chi connectivity index (χ3n) is 2.80. The predicted molar refractivity (Wildman–Crippen MR) is 57.7 cm³/mol. The van der Waals surface area contributed by atoms with Crippen molar-refractivity contribution in [3.8, 4) is 0 Å². The van der Waals surface area contributed by atoms with Gasteiger partial charge in [-0.05, 0) is 25.5 Å². The number of aliphatic hydroxyl groups excluding tert-OH is 1. The van der Waals surface area contributed by atoms with Crippen LogP contribution in [0.25, 0.3) is 0 Å². The molecule has 1 fully saturated rings. The van der Waals surface area contributed by atoms with Crippen molar-refractivity contribution >= 4 is 5.91 Å². The smallest absolute Gasteiger partial charge is 0.256 e. The first-order valence-corrected chi connectivity index (χ1v) is 5.31. The van der Waals surface area contributed by atoms with Gasteiger partial charge < -0.3 is 10.0 Å². The van der Waals surface area contributed by atoms with Crippen LogP contribution < -0.4 is 0 Å². The highest BCUT2D eigenvalue weighted by molar-refractivity contribution is 5.94. The molecule has 1 N–H and O–H groups in total. The van der Waals surface area contributed by atoms with Gasteiger partial charge in [0.05, 0.1) is 11.7 Å². The second-order valence-electron chi connectivity index (χ2n) is 4.18. The molecule has 2 rings (SSSR count). The SMILES string of the molecule is Cc1ccc(F)c(C(=O)N2CCC(O)C2)c1. The van der Waals surface area contributed by atoms with Crippen LogP contribution in [-0.4, -0.2) is 35.1 Å². The number of benzene rings is 1. The van der Waals surface area contributed by atoms with E-state index in [0.29, 0.717) is 19.5 Å². The fourth-order valence-corrected chi connectivity index (χ4v) is 1.90. The number of halogens is 1. The second kappa shape index (κ2) is 4.22. The molecule has 0 spiro atoms. The molecule has 1 aromatic carbocycles. The van der Waals surface area contributed by atoms with Crippen LogP contribution >= 0.6 is 0 Å². The zero-order valence-corrected chi connectivity index (χ0v) is 9.11. The molecule has 1 aliphatic rings. The Bertz CT molecular complexity index is 419. The van der Waals surface area contributed by atoms with Crippen molar-refractivity contribution in [2.75, 3.05) is 13.1 Å². The van der Waals surface area contributed by atoms with Crippen LogP contribution in [0.3, 0.4) is 0 Å². The quantitative estimate of drug-likeness (QED) is 0.780. The Morgan fingerprint density at radius 2 is 2.31 bits per heavy atom. The van der Waals surface area contributed by atoms with E-state index >= 15 is 0 Å². The fourth-order valence-electron chi connectivity index (χ4n) is 1.90. The number of carbonyl (C=O) groups is 1. The maximum absolute atomic E-state index is 13.5. The first-order valence-electron chi connectivity index (χ1n) is 5.31. The van der Waals surface area contributed by atoms with Gasteiger partial charge in [0.2, 0.25) is 0 Å². The summed E-state index contributed by atoms with van der Waals surface area (Å²) in [6, 6.07) is 4.47. The lowest BCUT2D eigenvalue weighted by Gasteiger charge is -2.16. The summed E-state index contributed by atoms with van der Waals surface area (Å²) in [6.07, 6.45) is 0.0935. The number of nitrogens with zero attached hydrogens (tertiary/aromatic N) is 1. The van der Waals surface area contributed by atoms with Gasteiger partial charge in [0.1, 0.15) is 5.82 Å². The van der Waals surface area contributed by atoms with Crippen molar-refractivity contribution < 1.29 is 14.3 Å². The van der Waals surface area contributed by atoms with Crippen LogP contribution in [0.2, 0.25) is 0 Å². The van der Waals surface area contributed by atoms with E-state index in [0.717, 1.165) is 5.56 Å². The van der Waals surface area contributed by atoms with Crippen LogP contribution in [0.15, 0.2) is 18.2 Å². The normalized spacial score (nSPS) is 20.2. The Hall–Kier alpha value is -1.42. The van der Waals surface area contributed by atoms with E-state index in [1.165, 1.54) is 11.0 Å². The summed E-state index contributed by atoms with van der Waals surface area (Å²) >= 11 is 0. The minimum Gasteiger partial charge on any atom is -0.391 e. The molecular formula is C12H14FNO2. The number of hydrogen-bond acceptors (Lipinski definition) is 2. The van der Waals surface area contributed by atoms with Crippen LogP contribution in [-0.2, 0) is 0 Å². The molecule has 1 saturated heterocycles. The van der Waals surface area contributed by atoms with Gasteiger partial charge >= 0.3 is 0 Å². The Morgan fingerprint density at radius 1 is 1.56 bits per heavy atom. The Morgan fingerprint density at radius 3 is 2.94 bits per heavy atom. The summed E-state index contributed by atoms with van der Waals surface area (Å²) in [6.45, 7) is 2.61. The van der Waals surface area contributed by atoms with E-state index in [4.69, 9.17) is 0 Å². The summed E-state index contributed by atoms with van der Waals surface area (Å²) in [4.78, 5) is 13.4. The van der Waals surface area contributed by atoms with Gasteiger partial charge in [-0.1, -0.05) is 11.6 Å². The van der Waals surface area contributed by atoms with E-state index in [1.54, 1.807) is 12.1 Å². The third-order valence-corrected chi connectivity index (χ3v) is 2.80. The number of rotatable bonds is 1. The predicted octanol–water partition coefficient (Wildman–Crippen LogP) is 1.34. The fraction of sp³-hybridized carbons (Fsp3) is 0.417. The zero-order chi connectivity index (χ0) is 11.7. The molecule has 0 aliphatic carbocycles. The van der Waals surface area contributed by atoms with Gasteiger partial charge in [0.25, 0.3) is 5.91 Å². The summed E-state index contributed by atoms with van der Waals surface area (Å²) < 4.78 is 13.5. The summed E-state index contributed by atoms with van der Waals surface area (Å²) in [5.41, 5.74) is 0.943. The molecule has 16 heavy (non-hydrogen) atoms. The topological polar surface area (TPSA) is 40.5 Å². The third kappa shape index (κ3) is 2.07. The highest BCUT2D eigenvalue weighted by Crippen LogP contribution is 2.17. The molecule has 0 radical (unpaired) electrons. The van der Waals surface area contributed by atoms with Crippen molar-refractivity contribution in [3.63, 3.8) is 0 Å². The lowest BCUT2D eigenvalue weighted by molar-refractivity contribution is 0.0760. The van der Waals surface area contributed by atoms with Crippen LogP contribution in [0, 0.1) is 12.7 Å². The largest absolute Gasteiger partial charge is 0.391 e. The number of aliphatic hydroxyl groups is 1. The molecule has 0 aromatic heterocycles. The average Bonchev–Trinajstić information content (AvgIpc) is 2.67. The van der Waals surface area contributed by atoms with Gasteiger partial charge in [-0.3, -0.25) is 4.79 Å². The average molecular weight is 223 g/mol. The maximum Gasteiger partial charge on any atom is 0.256 e. The van der Waals surface area contributed by atoms with E-state index in [1.807, 2.05) is 6.92 Å². The van der Waals surface area contributed by atoms with Gasteiger partial charge in [-0.15, -0.1) is 0 Å². The molecule has 0 saturated carbocycles. The molecule has 1 aromatic rings. The maximum atomic E-state index is 13.5. The molecule has 1 atom stereocenters. The van der Waals surface area contributed by atoms with Crippen LogP contribution in [0.1, 0.15) is 22.3 Å². The highest BCUT2D eigenvalue weighted by Gasteiger charge is 2.26.